The van der Waals surface area contributed by atoms with E-state index in [-0.39, 0.29) is 11.9 Å². The van der Waals surface area contributed by atoms with Crippen LogP contribution >= 0.6 is 11.6 Å². The second kappa shape index (κ2) is 8.49. The lowest BCUT2D eigenvalue weighted by molar-refractivity contribution is 0.0668. The third kappa shape index (κ3) is 4.19. The third-order valence-corrected chi connectivity index (χ3v) is 6.07. The molecule has 0 fully saturated rings. The van der Waals surface area contributed by atoms with Crippen LogP contribution in [0.15, 0.2) is 60.7 Å². The van der Waals surface area contributed by atoms with Gasteiger partial charge in [0.15, 0.2) is 0 Å². The van der Waals surface area contributed by atoms with Crippen molar-refractivity contribution in [3.8, 4) is 0 Å². The highest BCUT2D eigenvalue weighted by atomic mass is 35.5. The van der Waals surface area contributed by atoms with Crippen LogP contribution < -0.4 is 4.90 Å². The van der Waals surface area contributed by atoms with Crippen molar-refractivity contribution in [3.63, 3.8) is 0 Å². The number of amides is 1. The minimum absolute atomic E-state index is 0.0214. The molecule has 0 atom stereocenters. The number of aromatic nitrogens is 1. The molecule has 0 saturated heterocycles. The molecule has 154 valence electrons. The van der Waals surface area contributed by atoms with E-state index in [0.29, 0.717) is 17.3 Å². The molecule has 0 saturated carbocycles. The molecule has 3 aromatic rings. The molecular formula is C25H26ClN3O. The van der Waals surface area contributed by atoms with E-state index in [4.69, 9.17) is 11.6 Å². The average Bonchev–Trinajstić information content (AvgIpc) is 3.16. The Morgan fingerprint density at radius 2 is 1.73 bits per heavy atom. The lowest BCUT2D eigenvalue weighted by Crippen LogP contribution is -2.40. The number of nitrogens with zero attached hydrogens (tertiary/aromatic N) is 3. The fraction of sp³-hybridized carbons (Fsp3) is 0.280. The fourth-order valence-electron chi connectivity index (χ4n) is 4.06. The van der Waals surface area contributed by atoms with E-state index in [2.05, 4.69) is 29.2 Å². The highest BCUT2D eigenvalue weighted by Gasteiger charge is 2.31. The molecule has 0 aliphatic heterocycles. The smallest absolute Gasteiger partial charge is 0.254 e. The summed E-state index contributed by atoms with van der Waals surface area (Å²) in [5.74, 6) is 0.0214. The summed E-state index contributed by atoms with van der Waals surface area (Å²) in [6, 6.07) is 20.2. The van der Waals surface area contributed by atoms with Crippen LogP contribution in [-0.4, -0.2) is 35.9 Å². The molecule has 1 aliphatic carbocycles. The van der Waals surface area contributed by atoms with Gasteiger partial charge < -0.3 is 9.80 Å². The van der Waals surface area contributed by atoms with E-state index in [0.717, 1.165) is 29.8 Å². The lowest BCUT2D eigenvalue weighted by atomic mass is 10.1. The van der Waals surface area contributed by atoms with E-state index < -0.39 is 0 Å². The number of fused-ring (bicyclic) bond motifs is 1. The number of hydrogen-bond acceptors (Lipinski definition) is 3. The summed E-state index contributed by atoms with van der Waals surface area (Å²) in [7, 11) is 3.96. The highest BCUT2D eigenvalue weighted by molar-refractivity contribution is 6.30. The van der Waals surface area contributed by atoms with Crippen LogP contribution in [0, 0.1) is 6.92 Å². The van der Waals surface area contributed by atoms with E-state index in [1.54, 1.807) is 0 Å². The van der Waals surface area contributed by atoms with Gasteiger partial charge in [-0.25, -0.2) is 4.98 Å². The maximum absolute atomic E-state index is 13.7. The third-order valence-electron chi connectivity index (χ3n) is 5.75. The molecule has 30 heavy (non-hydrogen) atoms. The first-order chi connectivity index (χ1) is 14.4. The van der Waals surface area contributed by atoms with Crippen LogP contribution in [0.3, 0.4) is 0 Å². The summed E-state index contributed by atoms with van der Waals surface area (Å²) in [5, 5.41) is 0.463. The monoisotopic (exact) mass is 419 g/mol. The zero-order valence-corrected chi connectivity index (χ0v) is 18.4. The predicted octanol–water partition coefficient (Wildman–Crippen LogP) is 4.92. The van der Waals surface area contributed by atoms with Crippen LogP contribution in [0.1, 0.15) is 32.7 Å². The zero-order valence-electron chi connectivity index (χ0n) is 17.6. The first kappa shape index (κ1) is 20.4. The van der Waals surface area contributed by atoms with Crippen molar-refractivity contribution in [2.24, 2.45) is 0 Å². The van der Waals surface area contributed by atoms with E-state index in [1.807, 2.05) is 67.2 Å². The Bertz CT molecular complexity index is 1050. The number of halogens is 1. The summed E-state index contributed by atoms with van der Waals surface area (Å²) in [4.78, 5) is 22.0. The Morgan fingerprint density at radius 1 is 1.03 bits per heavy atom. The molecule has 0 N–H and O–H groups in total. The number of carbonyl (C=O) groups is 1. The van der Waals surface area contributed by atoms with Crippen molar-refractivity contribution in [1.29, 1.82) is 0 Å². The van der Waals surface area contributed by atoms with Crippen molar-refractivity contribution in [2.75, 3.05) is 19.0 Å². The van der Waals surface area contributed by atoms with Crippen LogP contribution in [0.5, 0.6) is 0 Å². The van der Waals surface area contributed by atoms with Crippen molar-refractivity contribution in [1.82, 2.24) is 9.88 Å². The van der Waals surface area contributed by atoms with E-state index >= 15 is 0 Å². The van der Waals surface area contributed by atoms with E-state index in [1.165, 1.54) is 11.1 Å². The SMILES string of the molecule is Cc1ccc(CN(C(=O)c2cccc(N(C)C)c2)C2Cc3ccccc3C2)c(Cl)n1. The molecule has 4 nitrogen and oxygen atoms in total. The van der Waals surface area contributed by atoms with Gasteiger partial charge in [-0.05, 0) is 55.2 Å². The topological polar surface area (TPSA) is 36.4 Å². The van der Waals surface area contributed by atoms with Gasteiger partial charge in [-0.2, -0.15) is 0 Å². The molecule has 4 rings (SSSR count). The van der Waals surface area contributed by atoms with Gasteiger partial charge in [-0.15, -0.1) is 0 Å². The molecule has 5 heteroatoms. The van der Waals surface area contributed by atoms with Gasteiger partial charge in [0, 0.05) is 49.2 Å². The van der Waals surface area contributed by atoms with Crippen molar-refractivity contribution >= 4 is 23.2 Å². The Labute approximate surface area is 183 Å². The number of hydrogen-bond donors (Lipinski definition) is 0. The second-order valence-electron chi connectivity index (χ2n) is 8.11. The van der Waals surface area contributed by atoms with Crippen LogP contribution in [0.4, 0.5) is 5.69 Å². The molecule has 0 bridgehead atoms. The lowest BCUT2D eigenvalue weighted by Gasteiger charge is -2.30. The number of benzene rings is 2. The molecule has 1 heterocycles. The van der Waals surface area contributed by atoms with Gasteiger partial charge in [-0.1, -0.05) is 48.0 Å². The summed E-state index contributed by atoms with van der Waals surface area (Å²) in [5.41, 5.74) is 6.06. The molecule has 2 aromatic carbocycles. The average molecular weight is 420 g/mol. The van der Waals surface area contributed by atoms with Gasteiger partial charge in [-0.3, -0.25) is 4.79 Å². The molecule has 1 amide bonds. The summed E-state index contributed by atoms with van der Waals surface area (Å²) in [6.07, 6.45) is 1.71. The molecular weight excluding hydrogens is 394 g/mol. The van der Waals surface area contributed by atoms with Crippen molar-refractivity contribution in [3.05, 3.63) is 93.8 Å². The quantitative estimate of drug-likeness (QED) is 0.551. The standard InChI is InChI=1S/C25H26ClN3O/c1-17-11-12-21(24(26)27-17)16-29(23-13-18-7-4-5-8-19(18)14-23)25(30)20-9-6-10-22(15-20)28(2)3/h4-12,15,23H,13-14,16H2,1-3H3. The predicted molar refractivity (Wildman–Crippen MR) is 122 cm³/mol. The number of aryl methyl sites for hydroxylation is 1. The van der Waals surface area contributed by atoms with Gasteiger partial charge in [0.1, 0.15) is 5.15 Å². The number of carbonyl (C=O) groups excluding carboxylic acids is 1. The van der Waals surface area contributed by atoms with Crippen molar-refractivity contribution < 1.29 is 4.79 Å². The Kier molecular flexibility index (Phi) is 5.78. The Balaban J connectivity index is 1.68. The summed E-state index contributed by atoms with van der Waals surface area (Å²) >= 11 is 6.43. The second-order valence-corrected chi connectivity index (χ2v) is 8.47. The highest BCUT2D eigenvalue weighted by Crippen LogP contribution is 2.29. The minimum Gasteiger partial charge on any atom is -0.378 e. The molecule has 0 spiro atoms. The van der Waals surface area contributed by atoms with Gasteiger partial charge in [0.05, 0.1) is 0 Å². The first-order valence-electron chi connectivity index (χ1n) is 10.2. The molecule has 1 aliphatic rings. The zero-order chi connectivity index (χ0) is 21.3. The number of anilines is 1. The van der Waals surface area contributed by atoms with Gasteiger partial charge in [0.25, 0.3) is 5.91 Å². The Morgan fingerprint density at radius 3 is 2.37 bits per heavy atom. The van der Waals surface area contributed by atoms with Crippen LogP contribution in [0.25, 0.3) is 0 Å². The minimum atomic E-state index is 0.0214. The summed E-state index contributed by atoms with van der Waals surface area (Å²) in [6.45, 7) is 2.36. The molecule has 0 unspecified atom stereocenters. The first-order valence-corrected chi connectivity index (χ1v) is 10.6. The summed E-state index contributed by atoms with van der Waals surface area (Å²) < 4.78 is 0. The molecule has 1 aromatic heterocycles. The van der Waals surface area contributed by atoms with E-state index in [9.17, 15) is 4.79 Å². The molecule has 0 radical (unpaired) electrons. The van der Waals surface area contributed by atoms with Gasteiger partial charge in [0.2, 0.25) is 0 Å². The van der Waals surface area contributed by atoms with Crippen molar-refractivity contribution in [2.45, 2.75) is 32.4 Å². The van der Waals surface area contributed by atoms with Gasteiger partial charge >= 0.3 is 0 Å². The van der Waals surface area contributed by atoms with Crippen LogP contribution in [0.2, 0.25) is 5.15 Å². The maximum Gasteiger partial charge on any atom is 0.254 e. The fourth-order valence-corrected chi connectivity index (χ4v) is 4.32. The van der Waals surface area contributed by atoms with Crippen LogP contribution in [-0.2, 0) is 19.4 Å². The normalized spacial score (nSPS) is 13.2. The number of rotatable bonds is 5. The maximum atomic E-state index is 13.7. The Hall–Kier alpha value is -2.85. The number of pyridine rings is 1. The largest absolute Gasteiger partial charge is 0.378 e.